The first-order chi connectivity index (χ1) is 20.1. The minimum atomic E-state index is -1.37. The summed E-state index contributed by atoms with van der Waals surface area (Å²) in [6, 6.07) is 5.68. The molecule has 4 heterocycles. The largest absolute Gasteiger partial charge is 0.494 e. The van der Waals surface area contributed by atoms with Gasteiger partial charge in [-0.15, -0.1) is 0 Å². The number of nitrogens with zero attached hydrogens (tertiary/aromatic N) is 3. The predicted octanol–water partition coefficient (Wildman–Crippen LogP) is 3.95. The third-order valence-electron chi connectivity index (χ3n) is 9.39. The molecular weight excluding hydrogens is 546 g/mol. The van der Waals surface area contributed by atoms with Crippen molar-refractivity contribution in [2.24, 2.45) is 17.3 Å². The quantitative estimate of drug-likeness (QED) is 0.481. The maximum absolute atomic E-state index is 14.7. The molecule has 1 aromatic rings. The van der Waals surface area contributed by atoms with Crippen LogP contribution >= 0.6 is 0 Å². The molecule has 6 atom stereocenters. The summed E-state index contributed by atoms with van der Waals surface area (Å²) in [5.74, 6) is -1.92. The fourth-order valence-corrected chi connectivity index (χ4v) is 8.08. The molecule has 0 aliphatic carbocycles. The van der Waals surface area contributed by atoms with Crippen molar-refractivity contribution in [3.05, 3.63) is 48.6 Å². The number of aliphatic hydroxyl groups is 1. The topological polar surface area (TPSA) is 99.6 Å². The Morgan fingerprint density at radius 1 is 0.977 bits per heavy atom. The normalized spacial score (nSPS) is 31.5. The van der Waals surface area contributed by atoms with E-state index in [0.717, 1.165) is 6.42 Å². The summed E-state index contributed by atoms with van der Waals surface area (Å²) in [6.45, 7) is 16.9. The van der Waals surface area contributed by atoms with Crippen LogP contribution in [0.5, 0.6) is 5.75 Å². The van der Waals surface area contributed by atoms with Gasteiger partial charge in [0.2, 0.25) is 17.7 Å². The summed E-state index contributed by atoms with van der Waals surface area (Å²) in [5, 5.41) is 10.3. The number of carbonyl (C=O) groups is 3. The van der Waals surface area contributed by atoms with Crippen molar-refractivity contribution in [3.63, 3.8) is 0 Å². The lowest BCUT2D eigenvalue weighted by atomic mass is 9.74. The van der Waals surface area contributed by atoms with Gasteiger partial charge in [-0.1, -0.05) is 45.1 Å². The number of anilines is 1. The molecule has 2 fully saturated rings. The number of rotatable bonds is 7. The molecule has 9 heteroatoms. The van der Waals surface area contributed by atoms with E-state index in [9.17, 15) is 19.5 Å². The first-order valence-electron chi connectivity index (χ1n) is 15.4. The van der Waals surface area contributed by atoms with Crippen LogP contribution in [0.3, 0.4) is 0 Å². The van der Waals surface area contributed by atoms with Crippen molar-refractivity contribution in [3.8, 4) is 5.75 Å². The zero-order valence-electron chi connectivity index (χ0n) is 26.8. The second kappa shape index (κ2) is 10.8. The molecule has 0 saturated carbocycles. The van der Waals surface area contributed by atoms with Crippen molar-refractivity contribution >= 4 is 23.4 Å². The fourth-order valence-electron chi connectivity index (χ4n) is 8.08. The van der Waals surface area contributed by atoms with Crippen LogP contribution in [0.1, 0.15) is 61.8 Å². The molecule has 1 unspecified atom stereocenters. The average molecular weight is 594 g/mol. The van der Waals surface area contributed by atoms with Gasteiger partial charge < -0.3 is 29.3 Å². The van der Waals surface area contributed by atoms with E-state index in [-0.39, 0.29) is 29.7 Å². The molecule has 1 spiro atoms. The van der Waals surface area contributed by atoms with E-state index in [1.807, 2.05) is 67.3 Å². The van der Waals surface area contributed by atoms with E-state index >= 15 is 0 Å². The number of ether oxygens (including phenoxy) is 2. The maximum Gasteiger partial charge on any atom is 0.249 e. The van der Waals surface area contributed by atoms with Crippen LogP contribution in [0.2, 0.25) is 0 Å². The molecule has 234 valence electrons. The van der Waals surface area contributed by atoms with E-state index in [1.54, 1.807) is 11.8 Å². The van der Waals surface area contributed by atoms with E-state index in [1.165, 1.54) is 4.90 Å². The lowest BCUT2D eigenvalue weighted by Gasteiger charge is -2.45. The number of hydrogen-bond acceptors (Lipinski definition) is 6. The van der Waals surface area contributed by atoms with E-state index in [0.29, 0.717) is 31.1 Å². The highest BCUT2D eigenvalue weighted by atomic mass is 16.5. The molecule has 0 aromatic heterocycles. The smallest absolute Gasteiger partial charge is 0.249 e. The Morgan fingerprint density at radius 2 is 1.63 bits per heavy atom. The van der Waals surface area contributed by atoms with Crippen molar-refractivity contribution in [1.82, 2.24) is 9.80 Å². The van der Waals surface area contributed by atoms with Crippen molar-refractivity contribution in [1.29, 1.82) is 0 Å². The van der Waals surface area contributed by atoms with Gasteiger partial charge in [-0.2, -0.15) is 0 Å². The Hall–Kier alpha value is -3.17. The Labute approximate surface area is 255 Å². The predicted molar refractivity (Wildman–Crippen MR) is 164 cm³/mol. The van der Waals surface area contributed by atoms with Crippen molar-refractivity contribution in [2.75, 3.05) is 31.2 Å². The first kappa shape index (κ1) is 31.3. The van der Waals surface area contributed by atoms with E-state index in [2.05, 4.69) is 34.6 Å². The molecule has 9 nitrogen and oxygen atoms in total. The third-order valence-corrected chi connectivity index (χ3v) is 9.39. The SMILES string of the molecule is CCOc1ccc(N2CC=C[C@@]3(C)O[C@]45C=CCN(C(C)(C)CC(C)(C)C)C(=O)C4N([C@H](C)CO)C(=O)[C@@H]5[C@H]3C2=O)cc1. The number of likely N-dealkylation sites (tertiary alicyclic amines) is 1. The van der Waals surface area contributed by atoms with Crippen molar-refractivity contribution in [2.45, 2.75) is 90.6 Å². The van der Waals surface area contributed by atoms with Crippen LogP contribution < -0.4 is 9.64 Å². The van der Waals surface area contributed by atoms with Crippen molar-refractivity contribution < 1.29 is 29.0 Å². The minimum Gasteiger partial charge on any atom is -0.494 e. The number of hydrogen-bond donors (Lipinski definition) is 1. The number of amides is 3. The van der Waals surface area contributed by atoms with Gasteiger partial charge >= 0.3 is 0 Å². The zero-order chi connectivity index (χ0) is 31.5. The summed E-state index contributed by atoms with van der Waals surface area (Å²) in [4.78, 5) is 48.8. The van der Waals surface area contributed by atoms with Gasteiger partial charge in [0.1, 0.15) is 17.4 Å². The van der Waals surface area contributed by atoms with Gasteiger partial charge in [-0.25, -0.2) is 0 Å². The van der Waals surface area contributed by atoms with Gasteiger partial charge in [0.15, 0.2) is 0 Å². The molecule has 4 aliphatic heterocycles. The summed E-state index contributed by atoms with van der Waals surface area (Å²) in [7, 11) is 0. The molecule has 2 saturated heterocycles. The summed E-state index contributed by atoms with van der Waals surface area (Å²) < 4.78 is 12.5. The molecule has 43 heavy (non-hydrogen) atoms. The number of aliphatic hydroxyl groups excluding tert-OH is 1. The van der Waals surface area contributed by atoms with Crippen LogP contribution in [-0.2, 0) is 19.1 Å². The monoisotopic (exact) mass is 593 g/mol. The van der Waals surface area contributed by atoms with Gasteiger partial charge in [0.05, 0.1) is 36.7 Å². The Kier molecular flexibility index (Phi) is 7.83. The number of fused-ring (bicyclic) bond motifs is 2. The van der Waals surface area contributed by atoms with Crippen LogP contribution in [0.25, 0.3) is 0 Å². The minimum absolute atomic E-state index is 0.0460. The zero-order valence-corrected chi connectivity index (χ0v) is 26.8. The molecule has 1 N–H and O–H groups in total. The third kappa shape index (κ3) is 5.08. The van der Waals surface area contributed by atoms with Gasteiger partial charge in [0, 0.05) is 24.3 Å². The van der Waals surface area contributed by atoms with Gasteiger partial charge in [-0.05, 0) is 70.7 Å². The lowest BCUT2D eigenvalue weighted by molar-refractivity contribution is -0.157. The average Bonchev–Trinajstić information content (AvgIpc) is 3.19. The lowest BCUT2D eigenvalue weighted by Crippen LogP contribution is -2.61. The summed E-state index contributed by atoms with van der Waals surface area (Å²) >= 11 is 0. The Morgan fingerprint density at radius 3 is 2.23 bits per heavy atom. The summed E-state index contributed by atoms with van der Waals surface area (Å²) in [6.07, 6.45) is 8.30. The molecule has 0 radical (unpaired) electrons. The maximum atomic E-state index is 14.7. The van der Waals surface area contributed by atoms with Crippen LogP contribution in [-0.4, -0.2) is 87.8 Å². The molecule has 3 amide bonds. The number of carbonyl (C=O) groups excluding carboxylic acids is 3. The molecule has 4 aliphatic rings. The molecule has 1 aromatic carbocycles. The van der Waals surface area contributed by atoms with Crippen LogP contribution in [0.15, 0.2) is 48.6 Å². The van der Waals surface area contributed by atoms with E-state index in [4.69, 9.17) is 9.47 Å². The van der Waals surface area contributed by atoms with Gasteiger partial charge in [-0.3, -0.25) is 14.4 Å². The second-order valence-electron chi connectivity index (χ2n) is 14.5. The molecule has 5 rings (SSSR count). The highest BCUT2D eigenvalue weighted by Crippen LogP contribution is 2.58. The van der Waals surface area contributed by atoms with Crippen LogP contribution in [0.4, 0.5) is 5.69 Å². The van der Waals surface area contributed by atoms with Gasteiger partial charge in [0.25, 0.3) is 0 Å². The standard InChI is InChI=1S/C34H47N3O6/c1-9-42-24-14-12-23(13-15-24)35-18-10-16-33(8)25(28(35)39)26-29(40)37(22(2)20-38)27-30(41)36(19-11-17-34(26,27)43-33)32(6,7)21-31(3,4)5/h10-17,22,25-27,38H,9,18-21H2,1-8H3/t22-,25+,26+,27?,33-,34+/m1/s1. The number of benzene rings is 1. The highest BCUT2D eigenvalue weighted by molar-refractivity contribution is 6.04. The second-order valence-corrected chi connectivity index (χ2v) is 14.5. The van der Waals surface area contributed by atoms with E-state index < -0.39 is 40.7 Å². The van der Waals surface area contributed by atoms with Crippen LogP contribution in [0, 0.1) is 17.3 Å². The molecule has 0 bridgehead atoms. The Bertz CT molecular complexity index is 1330. The highest BCUT2D eigenvalue weighted by Gasteiger charge is 2.75. The fraction of sp³-hybridized carbons (Fsp3) is 0.618. The first-order valence-corrected chi connectivity index (χ1v) is 15.4. The summed E-state index contributed by atoms with van der Waals surface area (Å²) in [5.41, 5.74) is -2.37. The Balaban J connectivity index is 1.60. The molecular formula is C34H47N3O6.